The molecule has 5 nitrogen and oxygen atoms in total. The van der Waals surface area contributed by atoms with E-state index in [2.05, 4.69) is 10.2 Å². The molecule has 21 heavy (non-hydrogen) atoms. The van der Waals surface area contributed by atoms with Crippen LogP contribution in [0, 0.1) is 0 Å². The highest BCUT2D eigenvalue weighted by Crippen LogP contribution is 2.17. The largest absolute Gasteiger partial charge is 0.478 e. The second-order valence-corrected chi connectivity index (χ2v) is 5.29. The van der Waals surface area contributed by atoms with Crippen molar-refractivity contribution in [3.05, 3.63) is 41.5 Å². The van der Waals surface area contributed by atoms with E-state index in [0.717, 1.165) is 43.3 Å². The van der Waals surface area contributed by atoms with Crippen molar-refractivity contribution in [1.82, 2.24) is 10.2 Å². The highest BCUT2D eigenvalue weighted by Gasteiger charge is 2.23. The van der Waals surface area contributed by atoms with E-state index in [4.69, 9.17) is 5.11 Å². The number of carbonyl (C=O) groups is 2. The van der Waals surface area contributed by atoms with Gasteiger partial charge in [0, 0.05) is 38.7 Å². The highest BCUT2D eigenvalue weighted by molar-refractivity contribution is 5.85. The van der Waals surface area contributed by atoms with Crippen molar-refractivity contribution in [2.24, 2.45) is 0 Å². The number of hydrogen-bond acceptors (Lipinski definition) is 3. The lowest BCUT2D eigenvalue weighted by Crippen LogP contribution is -2.35. The van der Waals surface area contributed by atoms with Crippen molar-refractivity contribution in [3.63, 3.8) is 0 Å². The monoisotopic (exact) mass is 288 g/mol. The second-order valence-electron chi connectivity index (χ2n) is 5.29. The molecular formula is C16H20N2O3. The molecule has 1 unspecified atom stereocenters. The molecule has 5 heteroatoms. The van der Waals surface area contributed by atoms with Gasteiger partial charge in [0.05, 0.1) is 0 Å². The summed E-state index contributed by atoms with van der Waals surface area (Å²) in [4.78, 5) is 24.0. The molecule has 0 spiro atoms. The van der Waals surface area contributed by atoms with Crippen molar-refractivity contribution < 1.29 is 14.7 Å². The summed E-state index contributed by atoms with van der Waals surface area (Å²) in [5, 5.41) is 11.7. The smallest absolute Gasteiger partial charge is 0.328 e. The van der Waals surface area contributed by atoms with Gasteiger partial charge < -0.3 is 10.4 Å². The summed E-state index contributed by atoms with van der Waals surface area (Å²) in [5.41, 5.74) is 2.02. The van der Waals surface area contributed by atoms with E-state index in [1.807, 2.05) is 24.3 Å². The standard InChI is InChI=1S/C16H20N2O3/c1-12(19)17-15-8-9-18(11-15)10-14-5-3-2-4-13(14)6-7-16(20)21/h2-7,15H,8-11H2,1H3,(H,17,19)(H,20,21)/b7-6+. The number of likely N-dealkylation sites (tertiary alicyclic amines) is 1. The molecule has 1 atom stereocenters. The molecule has 1 aromatic rings. The summed E-state index contributed by atoms with van der Waals surface area (Å²) in [6, 6.07) is 7.98. The molecule has 1 fully saturated rings. The van der Waals surface area contributed by atoms with Gasteiger partial charge in [-0.2, -0.15) is 0 Å². The van der Waals surface area contributed by atoms with Crippen molar-refractivity contribution >= 4 is 18.0 Å². The number of carbonyl (C=O) groups excluding carboxylic acids is 1. The van der Waals surface area contributed by atoms with Crippen LogP contribution >= 0.6 is 0 Å². The third kappa shape index (κ3) is 4.72. The number of nitrogens with one attached hydrogen (secondary N) is 1. The zero-order chi connectivity index (χ0) is 15.2. The van der Waals surface area contributed by atoms with Crippen LogP contribution < -0.4 is 5.32 Å². The molecule has 0 bridgehead atoms. The normalized spacial score (nSPS) is 19.0. The lowest BCUT2D eigenvalue weighted by Gasteiger charge is -2.17. The maximum Gasteiger partial charge on any atom is 0.328 e. The number of amides is 1. The van der Waals surface area contributed by atoms with E-state index < -0.39 is 5.97 Å². The third-order valence-electron chi connectivity index (χ3n) is 3.53. The van der Waals surface area contributed by atoms with Crippen LogP contribution in [0.15, 0.2) is 30.3 Å². The second kappa shape index (κ2) is 7.04. The third-order valence-corrected chi connectivity index (χ3v) is 3.53. The van der Waals surface area contributed by atoms with Crippen LogP contribution in [0.1, 0.15) is 24.5 Å². The van der Waals surface area contributed by atoms with Crippen molar-refractivity contribution in [2.75, 3.05) is 13.1 Å². The van der Waals surface area contributed by atoms with Crippen molar-refractivity contribution in [3.8, 4) is 0 Å². The molecular weight excluding hydrogens is 268 g/mol. The van der Waals surface area contributed by atoms with Crippen LogP contribution in [-0.2, 0) is 16.1 Å². The topological polar surface area (TPSA) is 69.6 Å². The van der Waals surface area contributed by atoms with Gasteiger partial charge in [-0.3, -0.25) is 9.69 Å². The molecule has 0 aliphatic carbocycles. The van der Waals surface area contributed by atoms with Gasteiger partial charge in [0.15, 0.2) is 0 Å². The molecule has 1 saturated heterocycles. The Bertz CT molecular complexity index is 554. The molecule has 112 valence electrons. The fraction of sp³-hybridized carbons (Fsp3) is 0.375. The number of hydrogen-bond donors (Lipinski definition) is 2. The summed E-state index contributed by atoms with van der Waals surface area (Å²) in [6.45, 7) is 4.06. The van der Waals surface area contributed by atoms with Crippen LogP contribution in [0.2, 0.25) is 0 Å². The van der Waals surface area contributed by atoms with E-state index in [9.17, 15) is 9.59 Å². The van der Waals surface area contributed by atoms with Crippen molar-refractivity contribution in [1.29, 1.82) is 0 Å². The summed E-state index contributed by atoms with van der Waals surface area (Å²) < 4.78 is 0. The molecule has 1 heterocycles. The first-order valence-electron chi connectivity index (χ1n) is 7.03. The van der Waals surface area contributed by atoms with Gasteiger partial charge in [0.2, 0.25) is 5.91 Å². The first-order valence-corrected chi connectivity index (χ1v) is 7.03. The molecule has 1 aliphatic heterocycles. The SMILES string of the molecule is CC(=O)NC1CCN(Cc2ccccc2/C=C/C(=O)O)C1. The Hall–Kier alpha value is -2.14. The van der Waals surface area contributed by atoms with Gasteiger partial charge in [0.25, 0.3) is 0 Å². The summed E-state index contributed by atoms with van der Waals surface area (Å²) >= 11 is 0. The highest BCUT2D eigenvalue weighted by atomic mass is 16.4. The maximum atomic E-state index is 11.1. The summed E-state index contributed by atoms with van der Waals surface area (Å²) in [5.74, 6) is -0.941. The van der Waals surface area contributed by atoms with E-state index in [-0.39, 0.29) is 11.9 Å². The first kappa shape index (κ1) is 15.3. The van der Waals surface area contributed by atoms with Crippen LogP contribution in [0.4, 0.5) is 0 Å². The van der Waals surface area contributed by atoms with Crippen LogP contribution in [0.25, 0.3) is 6.08 Å². The summed E-state index contributed by atoms with van der Waals surface area (Å²) in [6.07, 6.45) is 3.73. The minimum atomic E-state index is -0.948. The first-order chi connectivity index (χ1) is 10.0. The Balaban J connectivity index is 2.00. The zero-order valence-electron chi connectivity index (χ0n) is 12.1. The van der Waals surface area contributed by atoms with Gasteiger partial charge in [-0.15, -0.1) is 0 Å². The average molecular weight is 288 g/mol. The fourth-order valence-corrected chi connectivity index (χ4v) is 2.62. The maximum absolute atomic E-state index is 11.1. The average Bonchev–Trinajstić information content (AvgIpc) is 2.84. The van der Waals surface area contributed by atoms with E-state index in [1.165, 1.54) is 6.92 Å². The van der Waals surface area contributed by atoms with Gasteiger partial charge >= 0.3 is 5.97 Å². The molecule has 1 aromatic carbocycles. The molecule has 0 saturated carbocycles. The Morgan fingerprint density at radius 2 is 2.19 bits per heavy atom. The Morgan fingerprint density at radius 1 is 1.43 bits per heavy atom. The predicted octanol–water partition coefficient (Wildman–Crippen LogP) is 1.49. The lowest BCUT2D eigenvalue weighted by atomic mass is 10.1. The van der Waals surface area contributed by atoms with E-state index in [1.54, 1.807) is 6.08 Å². The van der Waals surface area contributed by atoms with E-state index in [0.29, 0.717) is 0 Å². The zero-order valence-corrected chi connectivity index (χ0v) is 12.1. The number of nitrogens with zero attached hydrogens (tertiary/aromatic N) is 1. The quantitative estimate of drug-likeness (QED) is 0.806. The molecule has 2 N–H and O–H groups in total. The number of rotatable bonds is 5. The van der Waals surface area contributed by atoms with Gasteiger partial charge in [-0.1, -0.05) is 24.3 Å². The summed E-state index contributed by atoms with van der Waals surface area (Å²) in [7, 11) is 0. The van der Waals surface area contributed by atoms with Gasteiger partial charge in [-0.05, 0) is 23.6 Å². The fourth-order valence-electron chi connectivity index (χ4n) is 2.62. The number of carboxylic acids is 1. The number of benzene rings is 1. The minimum absolute atomic E-state index is 0.00615. The lowest BCUT2D eigenvalue weighted by molar-refractivity contribution is -0.131. The van der Waals surface area contributed by atoms with Crippen LogP contribution in [0.5, 0.6) is 0 Å². The molecule has 1 aliphatic rings. The molecule has 2 rings (SSSR count). The van der Waals surface area contributed by atoms with Crippen LogP contribution in [-0.4, -0.2) is 41.0 Å². The van der Waals surface area contributed by atoms with Crippen LogP contribution in [0.3, 0.4) is 0 Å². The Morgan fingerprint density at radius 3 is 2.90 bits per heavy atom. The predicted molar refractivity (Wildman–Crippen MR) is 80.6 cm³/mol. The minimum Gasteiger partial charge on any atom is -0.478 e. The number of aliphatic carboxylic acids is 1. The Labute approximate surface area is 124 Å². The van der Waals surface area contributed by atoms with Gasteiger partial charge in [-0.25, -0.2) is 4.79 Å². The molecule has 1 amide bonds. The Kier molecular flexibility index (Phi) is 5.11. The molecule has 0 aromatic heterocycles. The van der Waals surface area contributed by atoms with Crippen molar-refractivity contribution in [2.45, 2.75) is 25.9 Å². The van der Waals surface area contributed by atoms with E-state index >= 15 is 0 Å². The van der Waals surface area contributed by atoms with Gasteiger partial charge in [0.1, 0.15) is 0 Å². The molecule has 0 radical (unpaired) electrons. The number of carboxylic acid groups (broad SMARTS) is 1.